The molecule has 0 N–H and O–H groups in total. The van der Waals surface area contributed by atoms with Crippen LogP contribution in [0.1, 0.15) is 53.2 Å². The molecule has 0 amide bonds. The van der Waals surface area contributed by atoms with Crippen LogP contribution >= 0.6 is 0 Å². The lowest BCUT2D eigenvalue weighted by atomic mass is 10.1. The van der Waals surface area contributed by atoms with Crippen LogP contribution in [0.25, 0.3) is 11.0 Å². The number of aryl methyl sites for hydroxylation is 1. The Morgan fingerprint density at radius 3 is 2.61 bits per heavy atom. The van der Waals surface area contributed by atoms with E-state index < -0.39 is 5.97 Å². The predicted molar refractivity (Wildman–Crippen MR) is 105 cm³/mol. The molecule has 3 rings (SSSR count). The first-order chi connectivity index (χ1) is 13.4. The number of carbonyl (C=O) groups is 2. The van der Waals surface area contributed by atoms with Crippen molar-refractivity contribution in [1.82, 2.24) is 14.8 Å². The van der Waals surface area contributed by atoms with Crippen LogP contribution in [0, 0.1) is 6.92 Å². The van der Waals surface area contributed by atoms with E-state index in [4.69, 9.17) is 9.47 Å². The minimum Gasteiger partial charge on any atom is -0.489 e. The van der Waals surface area contributed by atoms with Gasteiger partial charge in [0.1, 0.15) is 19.0 Å². The van der Waals surface area contributed by atoms with Crippen LogP contribution in [0.3, 0.4) is 0 Å². The molecular weight excluding hydrogens is 358 g/mol. The van der Waals surface area contributed by atoms with Gasteiger partial charge in [-0.05, 0) is 45.9 Å². The quantitative estimate of drug-likeness (QED) is 0.352. The molecule has 0 spiro atoms. The molecular formula is C21H23N3O4. The summed E-state index contributed by atoms with van der Waals surface area (Å²) in [7, 11) is 0. The number of Topliss-reactive ketones (excluding diaryl/α,β-unsaturated/α-hetero) is 1. The summed E-state index contributed by atoms with van der Waals surface area (Å²) in [6.07, 6.45) is 1.64. The molecule has 0 bridgehead atoms. The summed E-state index contributed by atoms with van der Waals surface area (Å²) in [6, 6.07) is 8.81. The molecule has 0 saturated carbocycles. The summed E-state index contributed by atoms with van der Waals surface area (Å²) in [5.41, 5.74) is 2.31. The number of aromatic nitrogens is 3. The molecule has 3 aromatic rings. The fourth-order valence-corrected chi connectivity index (χ4v) is 2.94. The van der Waals surface area contributed by atoms with Crippen molar-refractivity contribution < 1.29 is 19.1 Å². The number of esters is 1. The van der Waals surface area contributed by atoms with Gasteiger partial charge in [0.25, 0.3) is 0 Å². The smallest absolute Gasteiger partial charge is 0.339 e. The van der Waals surface area contributed by atoms with Crippen LogP contribution in [0.4, 0.5) is 0 Å². The van der Waals surface area contributed by atoms with Gasteiger partial charge in [-0.25, -0.2) is 14.5 Å². The predicted octanol–water partition coefficient (Wildman–Crippen LogP) is 3.76. The largest absolute Gasteiger partial charge is 0.489 e. The van der Waals surface area contributed by atoms with Crippen molar-refractivity contribution in [2.45, 2.75) is 33.7 Å². The maximum absolute atomic E-state index is 12.6. The summed E-state index contributed by atoms with van der Waals surface area (Å²) in [6.45, 7) is 7.53. The third-order valence-corrected chi connectivity index (χ3v) is 4.24. The third-order valence-electron chi connectivity index (χ3n) is 4.24. The lowest BCUT2D eigenvalue weighted by Gasteiger charge is -2.11. The number of para-hydroxylation sites is 1. The summed E-state index contributed by atoms with van der Waals surface area (Å²) in [4.78, 5) is 28.7. The molecule has 0 saturated heterocycles. The molecule has 0 aliphatic heterocycles. The number of rotatable bonds is 7. The van der Waals surface area contributed by atoms with Crippen molar-refractivity contribution in [3.05, 3.63) is 53.3 Å². The van der Waals surface area contributed by atoms with Gasteiger partial charge in [-0.3, -0.25) is 4.79 Å². The number of pyridine rings is 1. The Kier molecular flexibility index (Phi) is 5.73. The first-order valence-electron chi connectivity index (χ1n) is 9.13. The number of fused-ring (bicyclic) bond motifs is 1. The standard InChI is InChI=1S/C21H23N3O4/c1-13(2)24-20-18(12-22-24)17(11-14(3)23-20)21(26)28-10-9-27-19-8-6-5-7-16(19)15(4)25/h5-8,11-13H,9-10H2,1-4H3. The Morgan fingerprint density at radius 2 is 1.89 bits per heavy atom. The van der Waals surface area contributed by atoms with Crippen LogP contribution < -0.4 is 4.74 Å². The second-order valence-corrected chi connectivity index (χ2v) is 6.77. The molecule has 2 aromatic heterocycles. The van der Waals surface area contributed by atoms with Crippen LogP contribution in [-0.4, -0.2) is 39.7 Å². The number of hydrogen-bond donors (Lipinski definition) is 0. The molecule has 0 fully saturated rings. The summed E-state index contributed by atoms with van der Waals surface area (Å²) >= 11 is 0. The molecule has 0 atom stereocenters. The molecule has 7 nitrogen and oxygen atoms in total. The zero-order valence-corrected chi connectivity index (χ0v) is 16.4. The van der Waals surface area contributed by atoms with Crippen LogP contribution in [0.5, 0.6) is 5.75 Å². The second-order valence-electron chi connectivity index (χ2n) is 6.77. The third kappa shape index (κ3) is 4.03. The zero-order valence-electron chi connectivity index (χ0n) is 16.4. The van der Waals surface area contributed by atoms with Gasteiger partial charge in [-0.2, -0.15) is 5.10 Å². The Hall–Kier alpha value is -3.22. The normalized spacial score (nSPS) is 11.0. The summed E-state index contributed by atoms with van der Waals surface area (Å²) in [5.74, 6) is -0.0573. The molecule has 7 heteroatoms. The van der Waals surface area contributed by atoms with Gasteiger partial charge >= 0.3 is 5.97 Å². The molecule has 0 radical (unpaired) electrons. The molecule has 28 heavy (non-hydrogen) atoms. The van der Waals surface area contributed by atoms with Crippen molar-refractivity contribution in [2.24, 2.45) is 0 Å². The van der Waals surface area contributed by atoms with Crippen LogP contribution in [0.2, 0.25) is 0 Å². The van der Waals surface area contributed by atoms with Crippen molar-refractivity contribution in [1.29, 1.82) is 0 Å². The maximum Gasteiger partial charge on any atom is 0.339 e. The number of ketones is 1. The first-order valence-corrected chi connectivity index (χ1v) is 9.13. The van der Waals surface area contributed by atoms with Gasteiger partial charge in [0, 0.05) is 11.7 Å². The van der Waals surface area contributed by atoms with E-state index in [0.29, 0.717) is 33.6 Å². The number of carbonyl (C=O) groups excluding carboxylic acids is 2. The van der Waals surface area contributed by atoms with Crippen LogP contribution in [-0.2, 0) is 4.74 Å². The van der Waals surface area contributed by atoms with Gasteiger partial charge in [0.15, 0.2) is 11.4 Å². The summed E-state index contributed by atoms with van der Waals surface area (Å²) in [5, 5.41) is 4.99. The number of hydrogen-bond acceptors (Lipinski definition) is 6. The monoisotopic (exact) mass is 381 g/mol. The van der Waals surface area contributed by atoms with Gasteiger partial charge in [-0.15, -0.1) is 0 Å². The van der Waals surface area contributed by atoms with E-state index in [0.717, 1.165) is 0 Å². The molecule has 146 valence electrons. The van der Waals surface area contributed by atoms with E-state index in [9.17, 15) is 9.59 Å². The molecule has 0 unspecified atom stereocenters. The highest BCUT2D eigenvalue weighted by molar-refractivity contribution is 6.02. The highest BCUT2D eigenvalue weighted by Crippen LogP contribution is 2.22. The van der Waals surface area contributed by atoms with E-state index in [1.807, 2.05) is 20.8 Å². The summed E-state index contributed by atoms with van der Waals surface area (Å²) < 4.78 is 12.8. The van der Waals surface area contributed by atoms with E-state index >= 15 is 0 Å². The fraction of sp³-hybridized carbons (Fsp3) is 0.333. The van der Waals surface area contributed by atoms with E-state index in [1.54, 1.807) is 41.2 Å². The molecule has 1 aromatic carbocycles. The lowest BCUT2D eigenvalue weighted by molar-refractivity contribution is 0.0451. The first kappa shape index (κ1) is 19.5. The lowest BCUT2D eigenvalue weighted by Crippen LogP contribution is -2.14. The minimum absolute atomic E-state index is 0.0618. The van der Waals surface area contributed by atoms with Crippen molar-refractivity contribution in [3.63, 3.8) is 0 Å². The topological polar surface area (TPSA) is 83.3 Å². The highest BCUT2D eigenvalue weighted by Gasteiger charge is 2.18. The Balaban J connectivity index is 1.68. The van der Waals surface area contributed by atoms with Gasteiger partial charge in [-0.1, -0.05) is 12.1 Å². The second kappa shape index (κ2) is 8.21. The zero-order chi connectivity index (χ0) is 20.3. The van der Waals surface area contributed by atoms with E-state index in [2.05, 4.69) is 10.1 Å². The van der Waals surface area contributed by atoms with Gasteiger partial charge in [0.2, 0.25) is 0 Å². The minimum atomic E-state index is -0.456. The van der Waals surface area contributed by atoms with E-state index in [-0.39, 0.29) is 25.0 Å². The van der Waals surface area contributed by atoms with Crippen LogP contribution in [0.15, 0.2) is 36.5 Å². The average Bonchev–Trinajstić information content (AvgIpc) is 3.08. The fourth-order valence-electron chi connectivity index (χ4n) is 2.94. The molecule has 0 aliphatic rings. The van der Waals surface area contributed by atoms with Crippen molar-refractivity contribution in [3.8, 4) is 5.75 Å². The van der Waals surface area contributed by atoms with Gasteiger partial charge in [0.05, 0.1) is 22.7 Å². The average molecular weight is 381 g/mol. The number of ether oxygens (including phenoxy) is 2. The molecule has 0 aliphatic carbocycles. The SMILES string of the molecule is CC(=O)c1ccccc1OCCOC(=O)c1cc(C)nc2c1cnn2C(C)C. The maximum atomic E-state index is 12.6. The Labute approximate surface area is 163 Å². The number of benzene rings is 1. The van der Waals surface area contributed by atoms with Crippen molar-refractivity contribution >= 4 is 22.8 Å². The van der Waals surface area contributed by atoms with E-state index in [1.165, 1.54) is 6.92 Å². The Bertz CT molecular complexity index is 1020. The van der Waals surface area contributed by atoms with Gasteiger partial charge < -0.3 is 9.47 Å². The Morgan fingerprint density at radius 1 is 1.14 bits per heavy atom. The number of nitrogens with zero attached hydrogens (tertiary/aromatic N) is 3. The van der Waals surface area contributed by atoms with Crippen molar-refractivity contribution in [2.75, 3.05) is 13.2 Å². The molecule has 2 heterocycles. The highest BCUT2D eigenvalue weighted by atomic mass is 16.6.